The van der Waals surface area contributed by atoms with Gasteiger partial charge in [0.15, 0.2) is 16.7 Å². The van der Waals surface area contributed by atoms with E-state index in [1.54, 1.807) is 16.3 Å². The van der Waals surface area contributed by atoms with E-state index >= 15 is 0 Å². The Labute approximate surface area is 182 Å². The monoisotopic (exact) mass is 436 g/mol. The molecule has 5 rings (SSSR count). The predicted molar refractivity (Wildman–Crippen MR) is 121 cm³/mol. The number of hydrogen-bond donors (Lipinski definition) is 0. The van der Waals surface area contributed by atoms with Crippen LogP contribution in [0.5, 0.6) is 11.5 Å². The van der Waals surface area contributed by atoms with Crippen molar-refractivity contribution in [2.45, 2.75) is 31.3 Å². The number of fused-ring (bicyclic) bond motifs is 2. The first-order chi connectivity index (χ1) is 14.6. The SMILES string of the molecule is Cc1ccc(C)c(CSc2nc3ccsc3c(=O)n2Cc2ccc3c(c2)OCO3)c1. The summed E-state index contributed by atoms with van der Waals surface area (Å²) in [6, 6.07) is 14.2. The molecule has 0 bridgehead atoms. The van der Waals surface area contributed by atoms with Crippen LogP contribution in [0.15, 0.2) is 57.8 Å². The summed E-state index contributed by atoms with van der Waals surface area (Å²) in [5.41, 5.74) is 5.47. The van der Waals surface area contributed by atoms with Gasteiger partial charge >= 0.3 is 0 Å². The van der Waals surface area contributed by atoms with Crippen molar-refractivity contribution in [1.29, 1.82) is 0 Å². The van der Waals surface area contributed by atoms with E-state index in [0.717, 1.165) is 33.5 Å². The molecule has 3 heterocycles. The van der Waals surface area contributed by atoms with Crippen molar-refractivity contribution in [1.82, 2.24) is 9.55 Å². The summed E-state index contributed by atoms with van der Waals surface area (Å²) >= 11 is 3.04. The molecule has 0 radical (unpaired) electrons. The zero-order chi connectivity index (χ0) is 20.7. The third kappa shape index (κ3) is 3.59. The van der Waals surface area contributed by atoms with Crippen LogP contribution < -0.4 is 15.0 Å². The molecule has 152 valence electrons. The number of aryl methyl sites for hydroxylation is 2. The van der Waals surface area contributed by atoms with E-state index in [1.807, 2.05) is 29.6 Å². The van der Waals surface area contributed by atoms with Gasteiger partial charge in [-0.2, -0.15) is 0 Å². The van der Waals surface area contributed by atoms with Crippen molar-refractivity contribution in [2.24, 2.45) is 0 Å². The van der Waals surface area contributed by atoms with Crippen LogP contribution in [0.4, 0.5) is 0 Å². The third-order valence-corrected chi connectivity index (χ3v) is 7.09. The molecular weight excluding hydrogens is 416 g/mol. The summed E-state index contributed by atoms with van der Waals surface area (Å²) in [4.78, 5) is 18.1. The first kappa shape index (κ1) is 19.2. The lowest BCUT2D eigenvalue weighted by atomic mass is 10.1. The Bertz CT molecular complexity index is 1310. The van der Waals surface area contributed by atoms with E-state index in [4.69, 9.17) is 14.5 Å². The second-order valence-corrected chi connectivity index (χ2v) is 9.19. The average Bonchev–Trinajstić information content (AvgIpc) is 3.40. The first-order valence-corrected chi connectivity index (χ1v) is 11.5. The van der Waals surface area contributed by atoms with Gasteiger partial charge in [-0.15, -0.1) is 11.3 Å². The smallest absolute Gasteiger partial charge is 0.272 e. The molecule has 0 fully saturated rings. The average molecular weight is 437 g/mol. The summed E-state index contributed by atoms with van der Waals surface area (Å²) < 4.78 is 13.4. The quantitative estimate of drug-likeness (QED) is 0.320. The van der Waals surface area contributed by atoms with Gasteiger partial charge in [0.05, 0.1) is 12.1 Å². The molecule has 4 aromatic rings. The number of hydrogen-bond acceptors (Lipinski definition) is 6. The fraction of sp³-hybridized carbons (Fsp3) is 0.217. The van der Waals surface area contributed by atoms with Crippen molar-refractivity contribution in [3.63, 3.8) is 0 Å². The molecule has 0 saturated heterocycles. The van der Waals surface area contributed by atoms with Gasteiger partial charge in [0.2, 0.25) is 6.79 Å². The van der Waals surface area contributed by atoms with Gasteiger partial charge in [-0.1, -0.05) is 41.6 Å². The van der Waals surface area contributed by atoms with E-state index in [-0.39, 0.29) is 12.4 Å². The summed E-state index contributed by atoms with van der Waals surface area (Å²) in [6.45, 7) is 4.88. The zero-order valence-corrected chi connectivity index (χ0v) is 18.3. The van der Waals surface area contributed by atoms with Gasteiger partial charge in [0, 0.05) is 5.75 Å². The Morgan fingerprint density at radius 2 is 1.97 bits per heavy atom. The highest BCUT2D eigenvalue weighted by atomic mass is 32.2. The zero-order valence-electron chi connectivity index (χ0n) is 16.7. The van der Waals surface area contributed by atoms with Crippen LogP contribution in [0.2, 0.25) is 0 Å². The lowest BCUT2D eigenvalue weighted by Crippen LogP contribution is -2.23. The fourth-order valence-corrected chi connectivity index (χ4v) is 5.33. The molecule has 30 heavy (non-hydrogen) atoms. The van der Waals surface area contributed by atoms with Gasteiger partial charge in [0.25, 0.3) is 5.56 Å². The number of benzene rings is 2. The van der Waals surface area contributed by atoms with Crippen molar-refractivity contribution < 1.29 is 9.47 Å². The van der Waals surface area contributed by atoms with Gasteiger partial charge in [-0.25, -0.2) is 4.98 Å². The topological polar surface area (TPSA) is 53.4 Å². The standard InChI is InChI=1S/C23H20N2O3S2/c1-14-3-4-15(2)17(9-14)12-30-23-24-18-7-8-29-21(18)22(26)25(23)11-16-5-6-19-20(10-16)28-13-27-19/h3-10H,11-13H2,1-2H3. The minimum absolute atomic E-state index is 0.00358. The maximum Gasteiger partial charge on any atom is 0.272 e. The molecule has 0 aliphatic carbocycles. The molecule has 0 amide bonds. The number of nitrogens with zero attached hydrogens (tertiary/aromatic N) is 2. The second kappa shape index (κ2) is 7.81. The molecule has 7 heteroatoms. The number of rotatable bonds is 5. The number of ether oxygens (including phenoxy) is 2. The largest absolute Gasteiger partial charge is 0.454 e. The van der Waals surface area contributed by atoms with E-state index < -0.39 is 0 Å². The van der Waals surface area contributed by atoms with Crippen molar-refractivity contribution in [3.05, 3.63) is 80.5 Å². The Morgan fingerprint density at radius 3 is 2.87 bits per heavy atom. The number of thiophene rings is 1. The molecule has 0 N–H and O–H groups in total. The molecule has 1 aliphatic heterocycles. The molecule has 0 spiro atoms. The van der Waals surface area contributed by atoms with Crippen LogP contribution in [0, 0.1) is 13.8 Å². The van der Waals surface area contributed by atoms with Crippen molar-refractivity contribution >= 4 is 33.3 Å². The lowest BCUT2D eigenvalue weighted by Gasteiger charge is -2.13. The predicted octanol–water partition coefficient (Wildman–Crippen LogP) is 5.14. The molecule has 2 aromatic heterocycles. The Kier molecular flexibility index (Phi) is 5.00. The maximum atomic E-state index is 13.2. The van der Waals surface area contributed by atoms with Crippen LogP contribution in [-0.2, 0) is 12.3 Å². The fourth-order valence-electron chi connectivity index (χ4n) is 3.49. The van der Waals surface area contributed by atoms with E-state index in [1.165, 1.54) is 28.0 Å². The lowest BCUT2D eigenvalue weighted by molar-refractivity contribution is 0.174. The normalized spacial score (nSPS) is 12.6. The first-order valence-electron chi connectivity index (χ1n) is 9.64. The van der Waals surface area contributed by atoms with Gasteiger partial charge in [0.1, 0.15) is 4.70 Å². The highest BCUT2D eigenvalue weighted by Crippen LogP contribution is 2.33. The van der Waals surface area contributed by atoms with Gasteiger partial charge < -0.3 is 9.47 Å². The van der Waals surface area contributed by atoms with Crippen molar-refractivity contribution in [3.8, 4) is 11.5 Å². The van der Waals surface area contributed by atoms with E-state index in [9.17, 15) is 4.79 Å². The summed E-state index contributed by atoms with van der Waals surface area (Å²) in [5, 5.41) is 2.65. The Balaban J connectivity index is 1.52. The molecule has 5 nitrogen and oxygen atoms in total. The molecule has 0 atom stereocenters. The van der Waals surface area contributed by atoms with Gasteiger partial charge in [-0.05, 0) is 54.1 Å². The highest BCUT2D eigenvalue weighted by Gasteiger charge is 2.17. The van der Waals surface area contributed by atoms with Crippen LogP contribution in [0.25, 0.3) is 10.2 Å². The minimum Gasteiger partial charge on any atom is -0.454 e. The summed E-state index contributed by atoms with van der Waals surface area (Å²) in [6.07, 6.45) is 0. The van der Waals surface area contributed by atoms with Gasteiger partial charge in [-0.3, -0.25) is 9.36 Å². The summed E-state index contributed by atoms with van der Waals surface area (Å²) in [5.74, 6) is 2.22. The van der Waals surface area contributed by atoms with Crippen molar-refractivity contribution in [2.75, 3.05) is 6.79 Å². The van der Waals surface area contributed by atoms with Crippen LogP contribution in [0.3, 0.4) is 0 Å². The van der Waals surface area contributed by atoms with Crippen LogP contribution in [0.1, 0.15) is 22.3 Å². The number of thioether (sulfide) groups is 1. The maximum absolute atomic E-state index is 13.2. The summed E-state index contributed by atoms with van der Waals surface area (Å²) in [7, 11) is 0. The molecular formula is C23H20N2O3S2. The molecule has 0 saturated carbocycles. The Hall–Kier alpha value is -2.77. The van der Waals surface area contributed by atoms with Crippen LogP contribution >= 0.6 is 23.1 Å². The van der Waals surface area contributed by atoms with Crippen LogP contribution in [-0.4, -0.2) is 16.3 Å². The number of aromatic nitrogens is 2. The van der Waals surface area contributed by atoms with E-state index in [0.29, 0.717) is 11.2 Å². The molecule has 2 aromatic carbocycles. The molecule has 0 unspecified atom stereocenters. The third-order valence-electron chi connectivity index (χ3n) is 5.17. The Morgan fingerprint density at radius 1 is 1.10 bits per heavy atom. The second-order valence-electron chi connectivity index (χ2n) is 7.33. The highest BCUT2D eigenvalue weighted by molar-refractivity contribution is 7.98. The van der Waals surface area contributed by atoms with E-state index in [2.05, 4.69) is 32.0 Å². The minimum atomic E-state index is -0.00358. The molecule has 1 aliphatic rings.